The Morgan fingerprint density at radius 3 is 2.41 bits per heavy atom. The average Bonchev–Trinajstić information content (AvgIpc) is 2.53. The normalized spacial score (nSPS) is 12.4. The number of primary amides is 1. The topological polar surface area (TPSA) is 70.4 Å². The van der Waals surface area contributed by atoms with Crippen LogP contribution < -0.4 is 21.3 Å². The Balaban J connectivity index is 2.19. The molecule has 4 N–H and O–H groups in total. The fourth-order valence-electron chi connectivity index (χ4n) is 2.63. The SMILES string of the molecule is CNc1ccc2c(c1)Sc1cc(NC)cc(C(N)=O)c1N2C. The molecule has 0 aromatic heterocycles. The van der Waals surface area contributed by atoms with Crippen LogP contribution in [-0.2, 0) is 0 Å². The lowest BCUT2D eigenvalue weighted by molar-refractivity contribution is 0.100. The highest BCUT2D eigenvalue weighted by molar-refractivity contribution is 7.99. The first-order chi connectivity index (χ1) is 10.5. The molecule has 0 spiro atoms. The van der Waals surface area contributed by atoms with Crippen molar-refractivity contribution in [1.82, 2.24) is 0 Å². The van der Waals surface area contributed by atoms with Gasteiger partial charge in [0, 0.05) is 42.3 Å². The fourth-order valence-corrected chi connectivity index (χ4v) is 3.89. The maximum atomic E-state index is 11.8. The molecule has 1 amide bonds. The molecular weight excluding hydrogens is 296 g/mol. The molecule has 1 heterocycles. The largest absolute Gasteiger partial charge is 0.388 e. The first kappa shape index (κ1) is 14.6. The number of hydrogen-bond acceptors (Lipinski definition) is 5. The van der Waals surface area contributed by atoms with Gasteiger partial charge < -0.3 is 21.3 Å². The number of hydrogen-bond donors (Lipinski definition) is 3. The molecule has 22 heavy (non-hydrogen) atoms. The molecule has 114 valence electrons. The maximum Gasteiger partial charge on any atom is 0.250 e. The highest BCUT2D eigenvalue weighted by Crippen LogP contribution is 2.50. The van der Waals surface area contributed by atoms with E-state index in [0.717, 1.165) is 32.5 Å². The first-order valence-electron chi connectivity index (χ1n) is 6.94. The molecule has 0 saturated heterocycles. The minimum atomic E-state index is -0.420. The van der Waals surface area contributed by atoms with E-state index in [1.807, 2.05) is 44.2 Å². The molecule has 3 rings (SSSR count). The monoisotopic (exact) mass is 314 g/mol. The van der Waals surface area contributed by atoms with E-state index < -0.39 is 5.91 Å². The molecule has 1 aliphatic rings. The molecule has 0 unspecified atom stereocenters. The van der Waals surface area contributed by atoms with E-state index in [4.69, 9.17) is 5.73 Å². The zero-order valence-electron chi connectivity index (χ0n) is 12.7. The van der Waals surface area contributed by atoms with Crippen LogP contribution in [-0.4, -0.2) is 27.1 Å². The Hall–Kier alpha value is -2.34. The molecule has 0 fully saturated rings. The lowest BCUT2D eigenvalue weighted by Crippen LogP contribution is -2.22. The number of nitrogens with two attached hydrogens (primary N) is 1. The summed E-state index contributed by atoms with van der Waals surface area (Å²) in [7, 11) is 5.69. The van der Waals surface area contributed by atoms with Crippen LogP contribution >= 0.6 is 11.8 Å². The molecule has 2 aromatic rings. The third-order valence-corrected chi connectivity index (χ3v) is 4.87. The first-order valence-corrected chi connectivity index (χ1v) is 7.75. The molecule has 0 radical (unpaired) electrons. The lowest BCUT2D eigenvalue weighted by atomic mass is 10.1. The molecule has 0 atom stereocenters. The number of carbonyl (C=O) groups excluding carboxylic acids is 1. The van der Waals surface area contributed by atoms with Crippen LogP contribution in [0.5, 0.6) is 0 Å². The number of fused-ring (bicyclic) bond motifs is 2. The van der Waals surface area contributed by atoms with Gasteiger partial charge in [-0.25, -0.2) is 0 Å². The van der Waals surface area contributed by atoms with Crippen LogP contribution in [0, 0.1) is 0 Å². The predicted octanol–water partition coefficient (Wildman–Crippen LogP) is 3.10. The van der Waals surface area contributed by atoms with Crippen LogP contribution in [0.1, 0.15) is 10.4 Å². The van der Waals surface area contributed by atoms with E-state index in [-0.39, 0.29) is 0 Å². The highest BCUT2D eigenvalue weighted by Gasteiger charge is 2.26. The Kier molecular flexibility index (Phi) is 3.62. The van der Waals surface area contributed by atoms with Gasteiger partial charge in [0.1, 0.15) is 0 Å². The number of anilines is 4. The Labute approximate surface area is 133 Å². The van der Waals surface area contributed by atoms with E-state index in [0.29, 0.717) is 5.56 Å². The number of nitrogens with zero attached hydrogens (tertiary/aromatic N) is 1. The molecule has 0 saturated carbocycles. The van der Waals surface area contributed by atoms with Crippen LogP contribution in [0.25, 0.3) is 0 Å². The van der Waals surface area contributed by atoms with Gasteiger partial charge in [0.2, 0.25) is 0 Å². The van der Waals surface area contributed by atoms with Crippen molar-refractivity contribution in [2.45, 2.75) is 9.79 Å². The van der Waals surface area contributed by atoms with Gasteiger partial charge in [-0.2, -0.15) is 0 Å². The summed E-state index contributed by atoms with van der Waals surface area (Å²) in [5, 5.41) is 6.23. The Bertz CT molecular complexity index is 760. The number of rotatable bonds is 3. The van der Waals surface area contributed by atoms with E-state index in [1.54, 1.807) is 17.8 Å². The predicted molar refractivity (Wildman–Crippen MR) is 92.7 cm³/mol. The van der Waals surface area contributed by atoms with Gasteiger partial charge in [-0.05, 0) is 30.3 Å². The van der Waals surface area contributed by atoms with Gasteiger partial charge in [0.25, 0.3) is 5.91 Å². The Morgan fingerprint density at radius 1 is 1.09 bits per heavy atom. The summed E-state index contributed by atoms with van der Waals surface area (Å²) < 4.78 is 0. The maximum absolute atomic E-state index is 11.8. The van der Waals surface area contributed by atoms with Crippen molar-refractivity contribution in [3.8, 4) is 0 Å². The number of carbonyl (C=O) groups is 1. The minimum Gasteiger partial charge on any atom is -0.388 e. The second kappa shape index (κ2) is 5.46. The summed E-state index contributed by atoms with van der Waals surface area (Å²) in [6.07, 6.45) is 0. The van der Waals surface area contributed by atoms with Crippen molar-refractivity contribution in [2.75, 3.05) is 36.7 Å². The van der Waals surface area contributed by atoms with Crippen molar-refractivity contribution in [3.63, 3.8) is 0 Å². The molecule has 0 aliphatic carbocycles. The van der Waals surface area contributed by atoms with Gasteiger partial charge in [0.05, 0.1) is 16.9 Å². The number of benzene rings is 2. The zero-order chi connectivity index (χ0) is 15.9. The van der Waals surface area contributed by atoms with Crippen molar-refractivity contribution in [2.24, 2.45) is 5.73 Å². The van der Waals surface area contributed by atoms with E-state index in [2.05, 4.69) is 16.7 Å². The summed E-state index contributed by atoms with van der Waals surface area (Å²) in [5.41, 5.74) is 9.97. The van der Waals surface area contributed by atoms with Crippen LogP contribution in [0.4, 0.5) is 22.7 Å². The second-order valence-corrected chi connectivity index (χ2v) is 6.16. The van der Waals surface area contributed by atoms with Crippen molar-refractivity contribution >= 4 is 40.4 Å². The van der Waals surface area contributed by atoms with Crippen LogP contribution in [0.3, 0.4) is 0 Å². The summed E-state index contributed by atoms with van der Waals surface area (Å²) in [5.74, 6) is -0.420. The van der Waals surface area contributed by atoms with E-state index in [9.17, 15) is 4.79 Å². The van der Waals surface area contributed by atoms with Crippen LogP contribution in [0.15, 0.2) is 40.1 Å². The molecular formula is C16H18N4OS. The fraction of sp³-hybridized carbons (Fsp3) is 0.188. The zero-order valence-corrected chi connectivity index (χ0v) is 13.5. The molecule has 5 nitrogen and oxygen atoms in total. The van der Waals surface area contributed by atoms with Gasteiger partial charge in [0.15, 0.2) is 0 Å². The van der Waals surface area contributed by atoms with Gasteiger partial charge in [-0.15, -0.1) is 0 Å². The number of nitrogens with one attached hydrogen (secondary N) is 2. The standard InChI is InChI=1S/C16H18N4OS/c1-18-9-4-5-12-13(7-9)22-14-8-10(19-2)6-11(16(17)21)15(14)20(12)3/h4-8,18-19H,1-3H3,(H2,17,21). The second-order valence-electron chi connectivity index (χ2n) is 5.08. The summed E-state index contributed by atoms with van der Waals surface area (Å²) in [6, 6.07) is 10.0. The van der Waals surface area contributed by atoms with E-state index >= 15 is 0 Å². The van der Waals surface area contributed by atoms with Gasteiger partial charge in [-0.1, -0.05) is 11.8 Å². The minimum absolute atomic E-state index is 0.420. The van der Waals surface area contributed by atoms with Gasteiger partial charge >= 0.3 is 0 Å². The van der Waals surface area contributed by atoms with Crippen molar-refractivity contribution in [3.05, 3.63) is 35.9 Å². The molecule has 2 aromatic carbocycles. The molecule has 1 aliphatic heterocycles. The summed E-state index contributed by atoms with van der Waals surface area (Å²) in [4.78, 5) is 16.0. The van der Waals surface area contributed by atoms with E-state index in [1.165, 1.54) is 0 Å². The third-order valence-electron chi connectivity index (χ3n) is 3.79. The average molecular weight is 314 g/mol. The summed E-state index contributed by atoms with van der Waals surface area (Å²) >= 11 is 1.65. The van der Waals surface area contributed by atoms with Crippen molar-refractivity contribution < 1.29 is 4.79 Å². The number of amides is 1. The highest BCUT2D eigenvalue weighted by atomic mass is 32.2. The quantitative estimate of drug-likeness (QED) is 0.812. The third kappa shape index (κ3) is 2.25. The smallest absolute Gasteiger partial charge is 0.250 e. The Morgan fingerprint density at radius 2 is 1.77 bits per heavy atom. The van der Waals surface area contributed by atoms with Crippen molar-refractivity contribution in [1.29, 1.82) is 0 Å². The molecule has 6 heteroatoms. The molecule has 0 bridgehead atoms. The van der Waals surface area contributed by atoms with Crippen LogP contribution in [0.2, 0.25) is 0 Å². The lowest BCUT2D eigenvalue weighted by Gasteiger charge is -2.31. The summed E-state index contributed by atoms with van der Waals surface area (Å²) in [6.45, 7) is 0. The van der Waals surface area contributed by atoms with Gasteiger partial charge in [-0.3, -0.25) is 4.79 Å².